The summed E-state index contributed by atoms with van der Waals surface area (Å²) in [6.07, 6.45) is 4.21. The van der Waals surface area contributed by atoms with Crippen molar-refractivity contribution >= 4 is 17.5 Å². The van der Waals surface area contributed by atoms with Crippen molar-refractivity contribution in [1.29, 1.82) is 0 Å². The van der Waals surface area contributed by atoms with Crippen molar-refractivity contribution in [2.75, 3.05) is 11.6 Å². The molecule has 1 aromatic rings. The van der Waals surface area contributed by atoms with Gasteiger partial charge in [0, 0.05) is 0 Å². The molecular formula is C19H27N3O3. The van der Waals surface area contributed by atoms with Gasteiger partial charge in [0.1, 0.15) is 11.8 Å². The van der Waals surface area contributed by atoms with Crippen molar-refractivity contribution in [1.82, 2.24) is 0 Å². The maximum absolute atomic E-state index is 12.4. The number of anilines is 1. The number of hydrazone groups is 1. The number of esters is 1. The molecule has 1 heterocycles. The van der Waals surface area contributed by atoms with E-state index in [-0.39, 0.29) is 11.9 Å². The minimum Gasteiger partial charge on any atom is -0.478 e. The molecular weight excluding hydrogens is 318 g/mol. The molecule has 2 rings (SSSR count). The monoisotopic (exact) mass is 345 g/mol. The van der Waals surface area contributed by atoms with Crippen molar-refractivity contribution < 1.29 is 14.3 Å². The van der Waals surface area contributed by atoms with Gasteiger partial charge in [-0.2, -0.15) is 10.1 Å². The molecule has 2 N–H and O–H groups in total. The van der Waals surface area contributed by atoms with Gasteiger partial charge in [0.25, 0.3) is 0 Å². The lowest BCUT2D eigenvalue weighted by Crippen LogP contribution is -2.39. The van der Waals surface area contributed by atoms with Gasteiger partial charge in [-0.3, -0.25) is 4.79 Å². The Bertz CT molecular complexity index is 628. The molecule has 0 aromatic heterocycles. The summed E-state index contributed by atoms with van der Waals surface area (Å²) in [5, 5.41) is 6.00. The van der Waals surface area contributed by atoms with Crippen LogP contribution in [0.3, 0.4) is 0 Å². The SMILES string of the molecule is CCCCOC1=CC(C(=O)OC(C)CC)C(N)=NN1c1ccccc1. The molecule has 6 nitrogen and oxygen atoms in total. The standard InChI is InChI=1S/C19H27N3O3/c1-4-6-12-24-17-13-16(19(23)25-14(3)5-2)18(20)21-22(17)15-10-8-7-9-11-15/h7-11,13-14,16H,4-6,12H2,1-3H3,(H2,20,21). The summed E-state index contributed by atoms with van der Waals surface area (Å²) in [6.45, 7) is 6.46. The number of nitrogens with two attached hydrogens (primary N) is 1. The molecule has 1 aliphatic rings. The summed E-state index contributed by atoms with van der Waals surface area (Å²) in [6, 6.07) is 9.56. The van der Waals surface area contributed by atoms with Crippen LogP contribution >= 0.6 is 0 Å². The molecule has 0 saturated carbocycles. The second kappa shape index (κ2) is 9.11. The first-order chi connectivity index (χ1) is 12.1. The fourth-order valence-corrected chi connectivity index (χ4v) is 2.25. The predicted molar refractivity (Wildman–Crippen MR) is 98.8 cm³/mol. The van der Waals surface area contributed by atoms with E-state index in [0.29, 0.717) is 12.5 Å². The Kier molecular flexibility index (Phi) is 6.86. The largest absolute Gasteiger partial charge is 0.478 e. The highest BCUT2D eigenvalue weighted by atomic mass is 16.5. The van der Waals surface area contributed by atoms with E-state index < -0.39 is 11.9 Å². The quantitative estimate of drug-likeness (QED) is 0.577. The normalized spacial score (nSPS) is 18.2. The summed E-state index contributed by atoms with van der Waals surface area (Å²) < 4.78 is 11.3. The Balaban J connectivity index is 2.24. The Morgan fingerprint density at radius 1 is 1.32 bits per heavy atom. The van der Waals surface area contributed by atoms with Gasteiger partial charge in [-0.05, 0) is 38.0 Å². The van der Waals surface area contributed by atoms with E-state index in [2.05, 4.69) is 12.0 Å². The minimum absolute atomic E-state index is 0.162. The number of benzene rings is 1. The van der Waals surface area contributed by atoms with Crippen molar-refractivity contribution in [3.8, 4) is 0 Å². The average Bonchev–Trinajstić information content (AvgIpc) is 2.63. The van der Waals surface area contributed by atoms with Crippen molar-refractivity contribution in [2.24, 2.45) is 16.8 Å². The van der Waals surface area contributed by atoms with E-state index in [1.807, 2.05) is 44.2 Å². The number of rotatable bonds is 8. The van der Waals surface area contributed by atoms with Crippen LogP contribution in [0.1, 0.15) is 40.0 Å². The van der Waals surface area contributed by atoms with Gasteiger partial charge >= 0.3 is 5.97 Å². The second-order valence-corrected chi connectivity index (χ2v) is 6.01. The fraction of sp³-hybridized carbons (Fsp3) is 0.474. The molecule has 0 aliphatic carbocycles. The van der Waals surface area contributed by atoms with Crippen LogP contribution in [0.2, 0.25) is 0 Å². The number of ether oxygens (including phenoxy) is 2. The van der Waals surface area contributed by atoms with Gasteiger partial charge in [0.15, 0.2) is 0 Å². The molecule has 25 heavy (non-hydrogen) atoms. The summed E-state index contributed by atoms with van der Waals surface area (Å²) >= 11 is 0. The Hall–Kier alpha value is -2.50. The van der Waals surface area contributed by atoms with Crippen LogP contribution in [-0.2, 0) is 14.3 Å². The van der Waals surface area contributed by atoms with Crippen LogP contribution in [0.4, 0.5) is 5.69 Å². The Morgan fingerprint density at radius 3 is 2.68 bits per heavy atom. The number of unbranched alkanes of at least 4 members (excludes halogenated alkanes) is 1. The number of para-hydroxylation sites is 1. The molecule has 6 heteroatoms. The zero-order valence-corrected chi connectivity index (χ0v) is 15.1. The van der Waals surface area contributed by atoms with E-state index in [0.717, 1.165) is 24.9 Å². The van der Waals surface area contributed by atoms with Crippen molar-refractivity contribution in [3.63, 3.8) is 0 Å². The highest BCUT2D eigenvalue weighted by Gasteiger charge is 2.31. The topological polar surface area (TPSA) is 77.1 Å². The maximum Gasteiger partial charge on any atom is 0.321 e. The molecule has 0 bridgehead atoms. The molecule has 0 fully saturated rings. The number of amidine groups is 1. The molecule has 2 atom stereocenters. The van der Waals surface area contributed by atoms with Crippen LogP contribution in [0, 0.1) is 5.92 Å². The van der Waals surface area contributed by atoms with Gasteiger partial charge in [0.2, 0.25) is 5.88 Å². The lowest BCUT2D eigenvalue weighted by atomic mass is 10.1. The molecule has 0 saturated heterocycles. The molecule has 1 aromatic carbocycles. The van der Waals surface area contributed by atoms with Crippen LogP contribution in [-0.4, -0.2) is 24.5 Å². The maximum atomic E-state index is 12.4. The van der Waals surface area contributed by atoms with Gasteiger partial charge in [-0.15, -0.1) is 0 Å². The smallest absolute Gasteiger partial charge is 0.321 e. The van der Waals surface area contributed by atoms with Gasteiger partial charge in [-0.25, -0.2) is 0 Å². The van der Waals surface area contributed by atoms with Crippen molar-refractivity contribution in [3.05, 3.63) is 42.3 Å². The Labute approximate surface area is 149 Å². The van der Waals surface area contributed by atoms with Crippen LogP contribution in [0.5, 0.6) is 0 Å². The molecule has 0 amide bonds. The predicted octanol–water partition coefficient (Wildman–Crippen LogP) is 3.39. The highest BCUT2D eigenvalue weighted by Crippen LogP contribution is 2.26. The van der Waals surface area contributed by atoms with E-state index in [1.54, 1.807) is 11.1 Å². The number of nitrogens with zero attached hydrogens (tertiary/aromatic N) is 2. The van der Waals surface area contributed by atoms with Crippen molar-refractivity contribution in [2.45, 2.75) is 46.1 Å². The van der Waals surface area contributed by atoms with Gasteiger partial charge in [-0.1, -0.05) is 38.5 Å². The van der Waals surface area contributed by atoms with E-state index in [9.17, 15) is 4.79 Å². The second-order valence-electron chi connectivity index (χ2n) is 6.01. The van der Waals surface area contributed by atoms with E-state index >= 15 is 0 Å². The van der Waals surface area contributed by atoms with Crippen LogP contribution in [0.15, 0.2) is 47.4 Å². The first-order valence-corrected chi connectivity index (χ1v) is 8.81. The molecule has 1 aliphatic heterocycles. The lowest BCUT2D eigenvalue weighted by Gasteiger charge is -2.28. The number of hydrogen-bond acceptors (Lipinski definition) is 6. The first-order valence-electron chi connectivity index (χ1n) is 8.81. The third-order valence-electron chi connectivity index (χ3n) is 3.95. The summed E-state index contributed by atoms with van der Waals surface area (Å²) in [5.41, 5.74) is 6.87. The molecule has 2 unspecified atom stereocenters. The molecule has 0 radical (unpaired) electrons. The summed E-state index contributed by atoms with van der Waals surface area (Å²) in [7, 11) is 0. The number of carbonyl (C=O) groups excluding carboxylic acids is 1. The molecule has 0 spiro atoms. The third-order valence-corrected chi connectivity index (χ3v) is 3.95. The van der Waals surface area contributed by atoms with Crippen LogP contribution < -0.4 is 10.7 Å². The highest BCUT2D eigenvalue weighted by molar-refractivity contribution is 6.03. The Morgan fingerprint density at radius 2 is 2.04 bits per heavy atom. The van der Waals surface area contributed by atoms with Crippen LogP contribution in [0.25, 0.3) is 0 Å². The zero-order chi connectivity index (χ0) is 18.2. The molecule has 136 valence electrons. The fourth-order valence-electron chi connectivity index (χ4n) is 2.25. The summed E-state index contributed by atoms with van der Waals surface area (Å²) in [4.78, 5) is 12.4. The van der Waals surface area contributed by atoms with Gasteiger partial charge in [0.05, 0.1) is 18.4 Å². The minimum atomic E-state index is -0.731. The number of carbonyl (C=O) groups is 1. The van der Waals surface area contributed by atoms with Gasteiger partial charge < -0.3 is 15.2 Å². The van der Waals surface area contributed by atoms with E-state index in [1.165, 1.54) is 0 Å². The summed E-state index contributed by atoms with van der Waals surface area (Å²) in [5.74, 6) is -0.439. The lowest BCUT2D eigenvalue weighted by molar-refractivity contribution is -0.149. The van der Waals surface area contributed by atoms with E-state index in [4.69, 9.17) is 15.2 Å². The average molecular weight is 345 g/mol. The third kappa shape index (κ3) is 4.98. The zero-order valence-electron chi connectivity index (χ0n) is 15.1. The number of hydrogen-bond donors (Lipinski definition) is 1. The first kappa shape index (κ1) is 18.8.